The first-order chi connectivity index (χ1) is 8.28. The number of ether oxygens (including phenoxy) is 1. The van der Waals surface area contributed by atoms with Crippen LogP contribution in [0.15, 0.2) is 0 Å². The average molecular weight is 241 g/mol. The van der Waals surface area contributed by atoms with Gasteiger partial charge in [-0.1, -0.05) is 33.6 Å². The van der Waals surface area contributed by atoms with Crippen LogP contribution < -0.4 is 0 Å². The van der Waals surface area contributed by atoms with Crippen molar-refractivity contribution in [2.45, 2.75) is 71.4 Å². The van der Waals surface area contributed by atoms with Gasteiger partial charge in [-0.2, -0.15) is 0 Å². The Bertz CT molecular complexity index is 195. The minimum atomic E-state index is 0.741. The van der Waals surface area contributed by atoms with Gasteiger partial charge in [0.2, 0.25) is 0 Å². The normalized spacial score (nSPS) is 31.4. The van der Waals surface area contributed by atoms with E-state index < -0.39 is 0 Å². The molecule has 3 unspecified atom stereocenters. The second kappa shape index (κ2) is 8.10. The van der Waals surface area contributed by atoms with Gasteiger partial charge in [-0.15, -0.1) is 0 Å². The first kappa shape index (κ1) is 15.0. The van der Waals surface area contributed by atoms with Crippen molar-refractivity contribution in [3.63, 3.8) is 0 Å². The lowest BCUT2D eigenvalue weighted by Crippen LogP contribution is -2.43. The van der Waals surface area contributed by atoms with E-state index in [1.165, 1.54) is 45.1 Å². The molecule has 0 radical (unpaired) electrons. The Morgan fingerprint density at radius 3 is 2.47 bits per heavy atom. The monoisotopic (exact) mass is 241 g/mol. The summed E-state index contributed by atoms with van der Waals surface area (Å²) in [4.78, 5) is 2.72. The van der Waals surface area contributed by atoms with Crippen molar-refractivity contribution in [3.05, 3.63) is 0 Å². The van der Waals surface area contributed by atoms with Crippen molar-refractivity contribution in [3.8, 4) is 0 Å². The van der Waals surface area contributed by atoms with E-state index >= 15 is 0 Å². The van der Waals surface area contributed by atoms with Crippen LogP contribution in [0.25, 0.3) is 0 Å². The maximum atomic E-state index is 5.35. The highest BCUT2D eigenvalue weighted by molar-refractivity contribution is 4.99. The largest absolute Gasteiger partial charge is 0.383 e. The average Bonchev–Trinajstić information content (AvgIpc) is 2.89. The molecule has 2 fully saturated rings. The van der Waals surface area contributed by atoms with Gasteiger partial charge in [-0.05, 0) is 38.1 Å². The molecule has 0 aromatic rings. The van der Waals surface area contributed by atoms with Gasteiger partial charge < -0.3 is 4.74 Å². The van der Waals surface area contributed by atoms with Crippen molar-refractivity contribution < 1.29 is 4.74 Å². The summed E-state index contributed by atoms with van der Waals surface area (Å²) in [5.41, 5.74) is 0. The number of unbranched alkanes of at least 4 members (excludes halogenated alkanes) is 1. The molecule has 2 nitrogen and oxygen atoms in total. The van der Waals surface area contributed by atoms with Gasteiger partial charge in [0.05, 0.1) is 6.61 Å². The number of nitrogens with zero attached hydrogens (tertiary/aromatic N) is 1. The summed E-state index contributed by atoms with van der Waals surface area (Å²) < 4.78 is 5.35. The molecule has 1 heterocycles. The van der Waals surface area contributed by atoms with Crippen molar-refractivity contribution in [2.24, 2.45) is 5.92 Å². The van der Waals surface area contributed by atoms with E-state index in [-0.39, 0.29) is 0 Å². The summed E-state index contributed by atoms with van der Waals surface area (Å²) in [5.74, 6) is 0.941. The molecule has 1 saturated heterocycles. The fraction of sp³-hybridized carbons (Fsp3) is 1.00. The van der Waals surface area contributed by atoms with E-state index in [1.54, 1.807) is 0 Å². The third kappa shape index (κ3) is 3.96. The van der Waals surface area contributed by atoms with Gasteiger partial charge in [0, 0.05) is 19.2 Å². The fourth-order valence-corrected chi connectivity index (χ4v) is 3.28. The number of hydrogen-bond donors (Lipinski definition) is 0. The SMILES string of the molecule is CCC.CCCCN1C2CCC(C2)C1COC. The standard InChI is InChI=1S/C12H23NO.C3H8/c1-3-4-7-13-11-6-5-10(8-11)12(13)9-14-2;1-3-2/h10-12H,3-9H2,1-2H3;3H2,1-2H3. The topological polar surface area (TPSA) is 12.5 Å². The third-order valence-corrected chi connectivity index (χ3v) is 3.99. The van der Waals surface area contributed by atoms with E-state index in [2.05, 4.69) is 25.7 Å². The molecular formula is C15H31NO. The molecule has 1 aliphatic heterocycles. The molecule has 0 amide bonds. The van der Waals surface area contributed by atoms with Crippen LogP contribution in [0.1, 0.15) is 59.3 Å². The van der Waals surface area contributed by atoms with Crippen molar-refractivity contribution >= 4 is 0 Å². The predicted octanol–water partition coefficient (Wildman–Crippen LogP) is 3.70. The summed E-state index contributed by atoms with van der Waals surface area (Å²) in [6.07, 6.45) is 8.24. The van der Waals surface area contributed by atoms with Crippen LogP contribution in [-0.4, -0.2) is 37.2 Å². The number of likely N-dealkylation sites (tertiary alicyclic amines) is 1. The smallest absolute Gasteiger partial charge is 0.0620 e. The van der Waals surface area contributed by atoms with Crippen molar-refractivity contribution in [1.29, 1.82) is 0 Å². The summed E-state index contributed by atoms with van der Waals surface area (Å²) in [6, 6.07) is 1.64. The Morgan fingerprint density at radius 1 is 1.18 bits per heavy atom. The van der Waals surface area contributed by atoms with Gasteiger partial charge in [0.1, 0.15) is 0 Å². The third-order valence-electron chi connectivity index (χ3n) is 3.99. The lowest BCUT2D eigenvalue weighted by atomic mass is 9.99. The Hall–Kier alpha value is -0.0800. The molecule has 2 aliphatic rings. The maximum Gasteiger partial charge on any atom is 0.0620 e. The zero-order valence-electron chi connectivity index (χ0n) is 12.2. The predicted molar refractivity (Wildman–Crippen MR) is 74.4 cm³/mol. The first-order valence-electron chi connectivity index (χ1n) is 7.53. The van der Waals surface area contributed by atoms with E-state index in [4.69, 9.17) is 4.74 Å². The molecular weight excluding hydrogens is 210 g/mol. The molecule has 2 heteroatoms. The van der Waals surface area contributed by atoms with E-state index in [0.29, 0.717) is 0 Å². The van der Waals surface area contributed by atoms with Crippen LogP contribution in [0.2, 0.25) is 0 Å². The lowest BCUT2D eigenvalue weighted by molar-refractivity contribution is 0.0593. The quantitative estimate of drug-likeness (QED) is 0.727. The van der Waals surface area contributed by atoms with Crippen molar-refractivity contribution in [1.82, 2.24) is 4.90 Å². The summed E-state index contributed by atoms with van der Waals surface area (Å²) in [6.45, 7) is 8.77. The second-order valence-electron chi connectivity index (χ2n) is 5.55. The molecule has 2 rings (SSSR count). The molecule has 2 bridgehead atoms. The molecule has 1 saturated carbocycles. The van der Waals surface area contributed by atoms with Gasteiger partial charge >= 0.3 is 0 Å². The summed E-state index contributed by atoms with van der Waals surface area (Å²) >= 11 is 0. The van der Waals surface area contributed by atoms with Gasteiger partial charge in [-0.3, -0.25) is 4.90 Å². The Balaban J connectivity index is 0.000000437. The summed E-state index contributed by atoms with van der Waals surface area (Å²) in [7, 11) is 1.84. The first-order valence-corrected chi connectivity index (χ1v) is 7.53. The van der Waals surface area contributed by atoms with Crippen LogP contribution in [0.3, 0.4) is 0 Å². The number of fused-ring (bicyclic) bond motifs is 2. The molecule has 0 aromatic heterocycles. The highest BCUT2D eigenvalue weighted by Crippen LogP contribution is 2.42. The number of piperidine rings is 1. The fourth-order valence-electron chi connectivity index (χ4n) is 3.28. The minimum absolute atomic E-state index is 0.741. The molecule has 0 aromatic carbocycles. The highest BCUT2D eigenvalue weighted by atomic mass is 16.5. The Kier molecular flexibility index (Phi) is 7.14. The molecule has 3 atom stereocenters. The maximum absolute atomic E-state index is 5.35. The Labute approximate surface area is 108 Å². The van der Waals surface area contributed by atoms with Crippen LogP contribution in [0.4, 0.5) is 0 Å². The van der Waals surface area contributed by atoms with Crippen LogP contribution in [0.5, 0.6) is 0 Å². The van der Waals surface area contributed by atoms with Crippen LogP contribution >= 0.6 is 0 Å². The van der Waals surface area contributed by atoms with Gasteiger partial charge in [0.15, 0.2) is 0 Å². The zero-order chi connectivity index (χ0) is 12.7. The van der Waals surface area contributed by atoms with E-state index in [9.17, 15) is 0 Å². The molecule has 0 spiro atoms. The summed E-state index contributed by atoms with van der Waals surface area (Å²) in [5, 5.41) is 0. The molecule has 17 heavy (non-hydrogen) atoms. The van der Waals surface area contributed by atoms with E-state index in [1.807, 2.05) is 7.11 Å². The molecule has 102 valence electrons. The number of methoxy groups -OCH3 is 1. The van der Waals surface area contributed by atoms with Gasteiger partial charge in [0.25, 0.3) is 0 Å². The van der Waals surface area contributed by atoms with E-state index in [0.717, 1.165) is 24.6 Å². The number of hydrogen-bond acceptors (Lipinski definition) is 2. The minimum Gasteiger partial charge on any atom is -0.383 e. The second-order valence-corrected chi connectivity index (χ2v) is 5.55. The lowest BCUT2D eigenvalue weighted by Gasteiger charge is -2.34. The van der Waals surface area contributed by atoms with Crippen LogP contribution in [-0.2, 0) is 4.74 Å². The highest BCUT2D eigenvalue weighted by Gasteiger charge is 2.44. The molecule has 1 aliphatic carbocycles. The number of rotatable bonds is 5. The van der Waals surface area contributed by atoms with Gasteiger partial charge in [-0.25, -0.2) is 0 Å². The molecule has 0 N–H and O–H groups in total. The Morgan fingerprint density at radius 2 is 1.88 bits per heavy atom. The zero-order valence-corrected chi connectivity index (χ0v) is 12.2. The van der Waals surface area contributed by atoms with Crippen molar-refractivity contribution in [2.75, 3.05) is 20.3 Å². The van der Waals surface area contributed by atoms with Crippen LogP contribution in [0, 0.1) is 5.92 Å².